The molecule has 33 heavy (non-hydrogen) atoms. The molecule has 0 spiro atoms. The van der Waals surface area contributed by atoms with Crippen molar-refractivity contribution in [1.82, 2.24) is 0 Å². The second-order valence-electron chi connectivity index (χ2n) is 6.82. The maximum Gasteiger partial charge on any atom is 0.193 e. The van der Waals surface area contributed by atoms with Crippen LogP contribution in [0.4, 0.5) is 0 Å². The van der Waals surface area contributed by atoms with Gasteiger partial charge < -0.3 is 18.6 Å². The zero-order valence-corrected chi connectivity index (χ0v) is 18.7. The van der Waals surface area contributed by atoms with Gasteiger partial charge in [-0.1, -0.05) is 36.4 Å². The molecule has 6 nitrogen and oxygen atoms in total. The molecule has 2 N–H and O–H groups in total. The molecule has 4 aromatic carbocycles. The van der Waals surface area contributed by atoms with Crippen LogP contribution in [0.3, 0.4) is 0 Å². The fraction of sp³-hybridized carbons (Fsp3) is 0. The molecule has 1 unspecified atom stereocenters. The summed E-state index contributed by atoms with van der Waals surface area (Å²) in [6.07, 6.45) is 0. The molecule has 0 saturated carbocycles. The third-order valence-electron chi connectivity index (χ3n) is 4.64. The van der Waals surface area contributed by atoms with E-state index >= 15 is 0 Å². The average molecular weight is 479 g/mol. The monoisotopic (exact) mass is 478 g/mol. The molecule has 0 aromatic heterocycles. The number of ether oxygens (including phenoxy) is 2. The second-order valence-corrected chi connectivity index (χ2v) is 8.38. The SMILES string of the molecule is O=C(c1ccc(Oc2ccccc2)c(SO)c1)c1ccc(Oc2ccccc2)c(S(=O)O)c1. The summed E-state index contributed by atoms with van der Waals surface area (Å²) in [4.78, 5) is 13.4. The summed E-state index contributed by atoms with van der Waals surface area (Å²) in [5.41, 5.74) is 0.497. The van der Waals surface area contributed by atoms with Crippen LogP contribution in [0.15, 0.2) is 107 Å². The molecule has 0 bridgehead atoms. The zero-order valence-electron chi connectivity index (χ0n) is 17.1. The molecule has 4 aromatic rings. The molecule has 0 aliphatic rings. The van der Waals surface area contributed by atoms with E-state index in [2.05, 4.69) is 0 Å². The Bertz CT molecular complexity index is 1290. The van der Waals surface area contributed by atoms with Crippen molar-refractivity contribution in [2.75, 3.05) is 0 Å². The van der Waals surface area contributed by atoms with Crippen molar-refractivity contribution in [1.29, 1.82) is 0 Å². The lowest BCUT2D eigenvalue weighted by Crippen LogP contribution is -2.04. The number of ketones is 1. The normalized spacial score (nSPS) is 11.6. The highest BCUT2D eigenvalue weighted by Crippen LogP contribution is 2.34. The Hall–Kier alpha value is -3.43. The number of hydrogen-bond donors (Lipinski definition) is 2. The first kappa shape index (κ1) is 22.8. The van der Waals surface area contributed by atoms with E-state index in [1.54, 1.807) is 48.5 Å². The minimum Gasteiger partial charge on any atom is -0.456 e. The smallest absolute Gasteiger partial charge is 0.193 e. The molecule has 4 rings (SSSR count). The lowest BCUT2D eigenvalue weighted by molar-refractivity contribution is 0.103. The van der Waals surface area contributed by atoms with Gasteiger partial charge in [0.2, 0.25) is 0 Å². The molecule has 1 atom stereocenters. The molecule has 166 valence electrons. The Morgan fingerprint density at radius 2 is 1.24 bits per heavy atom. The first-order valence-electron chi connectivity index (χ1n) is 9.76. The van der Waals surface area contributed by atoms with E-state index in [0.717, 1.165) is 0 Å². The summed E-state index contributed by atoms with van der Waals surface area (Å²) in [6.45, 7) is 0. The van der Waals surface area contributed by atoms with E-state index in [0.29, 0.717) is 39.8 Å². The molecule has 0 radical (unpaired) electrons. The predicted octanol–water partition coefficient (Wildman–Crippen LogP) is 6.65. The minimum atomic E-state index is -2.37. The molecule has 8 heteroatoms. The Morgan fingerprint density at radius 1 is 0.727 bits per heavy atom. The van der Waals surface area contributed by atoms with Crippen molar-refractivity contribution in [2.45, 2.75) is 9.79 Å². The van der Waals surface area contributed by atoms with Crippen LogP contribution in [0, 0.1) is 0 Å². The number of carbonyl (C=O) groups excluding carboxylic acids is 1. The van der Waals surface area contributed by atoms with Gasteiger partial charge in [-0.3, -0.25) is 4.79 Å². The second kappa shape index (κ2) is 10.5. The van der Waals surface area contributed by atoms with Gasteiger partial charge in [-0.15, -0.1) is 0 Å². The lowest BCUT2D eigenvalue weighted by atomic mass is 10.0. The quantitative estimate of drug-likeness (QED) is 0.166. The van der Waals surface area contributed by atoms with Crippen LogP contribution in [-0.2, 0) is 11.1 Å². The molecular formula is C25H18O6S2. The standard InChI is InChI=1S/C25H18O6S2/c26-25(17-11-13-21(23(15-17)32-27)30-19-7-3-1-4-8-19)18-12-14-22(24(16-18)33(28)29)31-20-9-5-2-6-10-20/h1-16,27H,(H,28,29). The van der Waals surface area contributed by atoms with E-state index < -0.39 is 11.1 Å². The minimum absolute atomic E-state index is 0.0227. The van der Waals surface area contributed by atoms with Gasteiger partial charge in [0.05, 0.1) is 4.90 Å². The third kappa shape index (κ3) is 5.50. The number of hydrogen-bond acceptors (Lipinski definition) is 6. The van der Waals surface area contributed by atoms with Gasteiger partial charge in [0.1, 0.15) is 27.9 Å². The van der Waals surface area contributed by atoms with Gasteiger partial charge in [0, 0.05) is 23.2 Å². The van der Waals surface area contributed by atoms with E-state index in [1.807, 2.05) is 24.3 Å². The highest BCUT2D eigenvalue weighted by Gasteiger charge is 2.18. The largest absolute Gasteiger partial charge is 0.456 e. The Labute approximate surface area is 197 Å². The van der Waals surface area contributed by atoms with E-state index in [1.165, 1.54) is 24.3 Å². The molecule has 0 aliphatic heterocycles. The Balaban J connectivity index is 1.62. The van der Waals surface area contributed by atoms with Gasteiger partial charge in [0.15, 0.2) is 16.9 Å². The van der Waals surface area contributed by atoms with Crippen LogP contribution in [0.1, 0.15) is 15.9 Å². The van der Waals surface area contributed by atoms with Gasteiger partial charge in [-0.25, -0.2) is 4.21 Å². The van der Waals surface area contributed by atoms with Crippen molar-refractivity contribution in [3.05, 3.63) is 108 Å². The van der Waals surface area contributed by atoms with Crippen LogP contribution in [0.5, 0.6) is 23.0 Å². The molecule has 0 saturated heterocycles. The lowest BCUT2D eigenvalue weighted by Gasteiger charge is -2.12. The van der Waals surface area contributed by atoms with Crippen LogP contribution >= 0.6 is 12.0 Å². The van der Waals surface area contributed by atoms with Crippen LogP contribution in [-0.4, -0.2) is 19.1 Å². The number of para-hydroxylation sites is 2. The van der Waals surface area contributed by atoms with Crippen molar-refractivity contribution < 1.29 is 27.6 Å². The van der Waals surface area contributed by atoms with Gasteiger partial charge in [-0.05, 0) is 60.7 Å². The molecule has 0 fully saturated rings. The predicted molar refractivity (Wildman–Crippen MR) is 127 cm³/mol. The van der Waals surface area contributed by atoms with E-state index in [4.69, 9.17) is 9.47 Å². The fourth-order valence-corrected chi connectivity index (χ4v) is 3.96. The molecule has 0 aliphatic carbocycles. The first-order chi connectivity index (χ1) is 16.0. The van der Waals surface area contributed by atoms with Gasteiger partial charge >= 0.3 is 0 Å². The van der Waals surface area contributed by atoms with E-state index in [9.17, 15) is 18.1 Å². The average Bonchev–Trinajstić information content (AvgIpc) is 2.85. The molecule has 0 amide bonds. The highest BCUT2D eigenvalue weighted by molar-refractivity contribution is 7.93. The summed E-state index contributed by atoms with van der Waals surface area (Å²) in [7, 11) is 0. The van der Waals surface area contributed by atoms with Crippen molar-refractivity contribution in [2.24, 2.45) is 0 Å². The van der Waals surface area contributed by atoms with Gasteiger partial charge in [-0.2, -0.15) is 0 Å². The summed E-state index contributed by atoms with van der Waals surface area (Å²) in [6, 6.07) is 26.9. The van der Waals surface area contributed by atoms with Crippen LogP contribution < -0.4 is 9.47 Å². The topological polar surface area (TPSA) is 93.1 Å². The number of benzene rings is 4. The molecule has 0 heterocycles. The first-order valence-corrected chi connectivity index (χ1v) is 11.6. The van der Waals surface area contributed by atoms with E-state index in [-0.39, 0.29) is 22.0 Å². The summed E-state index contributed by atoms with van der Waals surface area (Å²) < 4.78 is 42.8. The summed E-state index contributed by atoms with van der Waals surface area (Å²) in [5.74, 6) is 1.29. The summed E-state index contributed by atoms with van der Waals surface area (Å²) in [5, 5.41) is 0. The van der Waals surface area contributed by atoms with Crippen LogP contribution in [0.2, 0.25) is 0 Å². The Morgan fingerprint density at radius 3 is 1.79 bits per heavy atom. The highest BCUT2D eigenvalue weighted by atomic mass is 32.2. The van der Waals surface area contributed by atoms with Gasteiger partial charge in [0.25, 0.3) is 0 Å². The number of carbonyl (C=O) groups is 1. The summed E-state index contributed by atoms with van der Waals surface area (Å²) >= 11 is -1.90. The van der Waals surface area contributed by atoms with Crippen LogP contribution in [0.25, 0.3) is 0 Å². The van der Waals surface area contributed by atoms with Crippen molar-refractivity contribution >= 4 is 28.9 Å². The van der Waals surface area contributed by atoms with Crippen molar-refractivity contribution in [3.8, 4) is 23.0 Å². The van der Waals surface area contributed by atoms with Crippen molar-refractivity contribution in [3.63, 3.8) is 0 Å². The molecular weight excluding hydrogens is 460 g/mol. The fourth-order valence-electron chi connectivity index (χ4n) is 3.07. The maximum atomic E-state index is 13.1. The Kier molecular flexibility index (Phi) is 7.21. The number of rotatable bonds is 8. The third-order valence-corrected chi connectivity index (χ3v) is 5.85. The zero-order chi connectivity index (χ0) is 23.2. The maximum absolute atomic E-state index is 13.1.